The second kappa shape index (κ2) is 6.08. The fourth-order valence-electron chi connectivity index (χ4n) is 2.40. The highest BCUT2D eigenvalue weighted by atomic mass is 19.1. The lowest BCUT2D eigenvalue weighted by Crippen LogP contribution is -2.09. The molecule has 0 aliphatic carbocycles. The highest BCUT2D eigenvalue weighted by molar-refractivity contribution is 6.11. The predicted molar refractivity (Wildman–Crippen MR) is 81.5 cm³/mol. The van der Waals surface area contributed by atoms with E-state index in [0.717, 1.165) is 0 Å². The number of carbonyl (C=O) groups excluding carboxylic acids is 1. The standard InChI is InChI=1S/C18H19FO2/c1-11(2)21-16-7-5-6-14(10-16)18(20)17-12(3)8-15(19)9-13(17)4/h5-11H,1-4H3. The Morgan fingerprint density at radius 1 is 1.10 bits per heavy atom. The zero-order valence-corrected chi connectivity index (χ0v) is 12.7. The Balaban J connectivity index is 2.41. The molecule has 21 heavy (non-hydrogen) atoms. The summed E-state index contributed by atoms with van der Waals surface area (Å²) in [5.41, 5.74) is 2.39. The molecule has 0 spiro atoms. The van der Waals surface area contributed by atoms with Crippen LogP contribution in [0.4, 0.5) is 4.39 Å². The lowest BCUT2D eigenvalue weighted by Gasteiger charge is -2.12. The van der Waals surface area contributed by atoms with Crippen molar-refractivity contribution in [3.8, 4) is 5.75 Å². The van der Waals surface area contributed by atoms with Crippen LogP contribution < -0.4 is 4.74 Å². The van der Waals surface area contributed by atoms with Gasteiger partial charge in [-0.3, -0.25) is 4.79 Å². The highest BCUT2D eigenvalue weighted by Crippen LogP contribution is 2.22. The SMILES string of the molecule is Cc1cc(F)cc(C)c1C(=O)c1cccc(OC(C)C)c1. The van der Waals surface area contributed by atoms with E-state index in [1.165, 1.54) is 12.1 Å². The van der Waals surface area contributed by atoms with Gasteiger partial charge in [-0.2, -0.15) is 0 Å². The molecule has 2 rings (SSSR count). The van der Waals surface area contributed by atoms with Crippen LogP contribution in [0, 0.1) is 19.7 Å². The van der Waals surface area contributed by atoms with Gasteiger partial charge in [0.05, 0.1) is 6.10 Å². The van der Waals surface area contributed by atoms with Crippen molar-refractivity contribution in [2.45, 2.75) is 33.8 Å². The Hall–Kier alpha value is -2.16. The van der Waals surface area contributed by atoms with Gasteiger partial charge < -0.3 is 4.74 Å². The lowest BCUT2D eigenvalue weighted by molar-refractivity contribution is 0.103. The average Bonchev–Trinajstić information content (AvgIpc) is 2.36. The van der Waals surface area contributed by atoms with Gasteiger partial charge >= 0.3 is 0 Å². The Labute approximate surface area is 124 Å². The number of ketones is 1. The molecule has 2 nitrogen and oxygen atoms in total. The van der Waals surface area contributed by atoms with Crippen LogP contribution in [-0.4, -0.2) is 11.9 Å². The number of hydrogen-bond acceptors (Lipinski definition) is 2. The number of halogens is 1. The third kappa shape index (κ3) is 3.48. The molecule has 0 bridgehead atoms. The van der Waals surface area contributed by atoms with E-state index in [4.69, 9.17) is 4.74 Å². The second-order valence-corrected chi connectivity index (χ2v) is 5.44. The van der Waals surface area contributed by atoms with Crippen molar-refractivity contribution in [3.63, 3.8) is 0 Å². The third-order valence-corrected chi connectivity index (χ3v) is 3.19. The molecule has 0 aliphatic heterocycles. The fourth-order valence-corrected chi connectivity index (χ4v) is 2.40. The summed E-state index contributed by atoms with van der Waals surface area (Å²) in [5.74, 6) is 0.228. The molecule has 0 aliphatic rings. The summed E-state index contributed by atoms with van der Waals surface area (Å²) in [7, 11) is 0. The van der Waals surface area contributed by atoms with Crippen molar-refractivity contribution in [2.75, 3.05) is 0 Å². The number of hydrogen-bond donors (Lipinski definition) is 0. The Bertz CT molecular complexity index is 652. The molecule has 3 heteroatoms. The summed E-state index contributed by atoms with van der Waals surface area (Å²) < 4.78 is 19.0. The van der Waals surface area contributed by atoms with E-state index in [9.17, 15) is 9.18 Å². The highest BCUT2D eigenvalue weighted by Gasteiger charge is 2.16. The van der Waals surface area contributed by atoms with E-state index in [0.29, 0.717) is 28.0 Å². The minimum absolute atomic E-state index is 0.0460. The van der Waals surface area contributed by atoms with Gasteiger partial charge in [-0.15, -0.1) is 0 Å². The predicted octanol–water partition coefficient (Wildman–Crippen LogP) is 4.46. The van der Waals surface area contributed by atoms with Crippen LogP contribution in [-0.2, 0) is 0 Å². The van der Waals surface area contributed by atoms with Crippen molar-refractivity contribution in [1.29, 1.82) is 0 Å². The van der Waals surface area contributed by atoms with E-state index in [-0.39, 0.29) is 17.7 Å². The van der Waals surface area contributed by atoms with Crippen LogP contribution in [0.1, 0.15) is 40.9 Å². The van der Waals surface area contributed by atoms with E-state index >= 15 is 0 Å². The molecule has 0 unspecified atom stereocenters. The smallest absolute Gasteiger partial charge is 0.193 e. The summed E-state index contributed by atoms with van der Waals surface area (Å²) in [6.45, 7) is 7.36. The van der Waals surface area contributed by atoms with Crippen molar-refractivity contribution in [2.24, 2.45) is 0 Å². The Morgan fingerprint density at radius 3 is 2.29 bits per heavy atom. The minimum atomic E-state index is -0.321. The molecular formula is C18H19FO2. The molecule has 0 saturated heterocycles. The first-order valence-electron chi connectivity index (χ1n) is 6.96. The molecule has 0 saturated carbocycles. The lowest BCUT2D eigenvalue weighted by atomic mass is 9.94. The first-order chi connectivity index (χ1) is 9.88. The van der Waals surface area contributed by atoms with Crippen LogP contribution >= 0.6 is 0 Å². The largest absolute Gasteiger partial charge is 0.491 e. The molecule has 0 radical (unpaired) electrons. The van der Waals surface area contributed by atoms with Gasteiger partial charge in [0.2, 0.25) is 0 Å². The molecule has 0 amide bonds. The minimum Gasteiger partial charge on any atom is -0.491 e. The number of benzene rings is 2. The molecular weight excluding hydrogens is 267 g/mol. The van der Waals surface area contributed by atoms with E-state index in [1.807, 2.05) is 19.9 Å². The van der Waals surface area contributed by atoms with Gasteiger partial charge in [0, 0.05) is 11.1 Å². The zero-order valence-electron chi connectivity index (χ0n) is 12.7. The third-order valence-electron chi connectivity index (χ3n) is 3.19. The first kappa shape index (κ1) is 15.2. The van der Waals surface area contributed by atoms with Crippen molar-refractivity contribution < 1.29 is 13.9 Å². The first-order valence-corrected chi connectivity index (χ1v) is 6.96. The van der Waals surface area contributed by atoms with Gasteiger partial charge in [-0.05, 0) is 63.1 Å². The number of aryl methyl sites for hydroxylation is 2. The van der Waals surface area contributed by atoms with E-state index < -0.39 is 0 Å². The summed E-state index contributed by atoms with van der Waals surface area (Å²) >= 11 is 0. The molecule has 110 valence electrons. The molecule has 0 heterocycles. The molecule has 2 aromatic carbocycles. The van der Waals surface area contributed by atoms with Gasteiger partial charge in [-0.1, -0.05) is 12.1 Å². The summed E-state index contributed by atoms with van der Waals surface area (Å²) in [4.78, 5) is 12.7. The Kier molecular flexibility index (Phi) is 4.41. The van der Waals surface area contributed by atoms with Crippen LogP contribution in [0.3, 0.4) is 0 Å². The monoisotopic (exact) mass is 286 g/mol. The molecule has 2 aromatic rings. The molecule has 0 N–H and O–H groups in total. The van der Waals surface area contributed by atoms with Crippen molar-refractivity contribution in [1.82, 2.24) is 0 Å². The number of rotatable bonds is 4. The van der Waals surface area contributed by atoms with Crippen molar-refractivity contribution in [3.05, 3.63) is 64.5 Å². The quantitative estimate of drug-likeness (QED) is 0.776. The topological polar surface area (TPSA) is 26.3 Å². The normalized spacial score (nSPS) is 10.8. The maximum Gasteiger partial charge on any atom is 0.193 e. The number of ether oxygens (including phenoxy) is 1. The second-order valence-electron chi connectivity index (χ2n) is 5.44. The van der Waals surface area contributed by atoms with Crippen LogP contribution in [0.15, 0.2) is 36.4 Å². The van der Waals surface area contributed by atoms with E-state index in [1.54, 1.807) is 32.0 Å². The van der Waals surface area contributed by atoms with Crippen LogP contribution in [0.5, 0.6) is 5.75 Å². The van der Waals surface area contributed by atoms with Crippen LogP contribution in [0.25, 0.3) is 0 Å². The number of carbonyl (C=O) groups is 1. The maximum atomic E-state index is 13.4. The molecule has 0 aromatic heterocycles. The van der Waals surface area contributed by atoms with Gasteiger partial charge in [0.1, 0.15) is 11.6 Å². The van der Waals surface area contributed by atoms with Crippen LogP contribution in [0.2, 0.25) is 0 Å². The van der Waals surface area contributed by atoms with Gasteiger partial charge in [0.15, 0.2) is 5.78 Å². The summed E-state index contributed by atoms with van der Waals surface area (Å²) in [5, 5.41) is 0. The summed E-state index contributed by atoms with van der Waals surface area (Å²) in [6.07, 6.45) is 0.0460. The fraction of sp³-hybridized carbons (Fsp3) is 0.278. The van der Waals surface area contributed by atoms with Gasteiger partial charge in [0.25, 0.3) is 0 Å². The van der Waals surface area contributed by atoms with E-state index in [2.05, 4.69) is 0 Å². The zero-order chi connectivity index (χ0) is 15.6. The average molecular weight is 286 g/mol. The Morgan fingerprint density at radius 2 is 1.71 bits per heavy atom. The molecule has 0 fully saturated rings. The summed E-state index contributed by atoms with van der Waals surface area (Å²) in [6, 6.07) is 9.85. The maximum absolute atomic E-state index is 13.4. The van der Waals surface area contributed by atoms with Crippen molar-refractivity contribution >= 4 is 5.78 Å². The molecule has 0 atom stereocenters. The van der Waals surface area contributed by atoms with Gasteiger partial charge in [-0.25, -0.2) is 4.39 Å².